The second-order valence-corrected chi connectivity index (χ2v) is 4.99. The van der Waals surface area contributed by atoms with E-state index in [0.717, 1.165) is 5.56 Å². The summed E-state index contributed by atoms with van der Waals surface area (Å²) in [6.45, 7) is 2.21. The third-order valence-corrected chi connectivity index (χ3v) is 3.64. The fraction of sp³-hybridized carbons (Fsp3) is 0.188. The number of carbonyl (C=O) groups is 2. The SMILES string of the molecule is C[C@H](C(=O)Nc1ccncc1)N1Cc2ccccc2C1=O. The number of pyridine rings is 1. The van der Waals surface area contributed by atoms with Crippen molar-refractivity contribution in [3.05, 3.63) is 59.9 Å². The van der Waals surface area contributed by atoms with Gasteiger partial charge in [-0.25, -0.2) is 0 Å². The van der Waals surface area contributed by atoms with Crippen LogP contribution in [0.1, 0.15) is 22.8 Å². The van der Waals surface area contributed by atoms with Gasteiger partial charge in [0.1, 0.15) is 6.04 Å². The minimum Gasteiger partial charge on any atom is -0.324 e. The van der Waals surface area contributed by atoms with Crippen LogP contribution in [-0.2, 0) is 11.3 Å². The van der Waals surface area contributed by atoms with Crippen molar-refractivity contribution in [2.75, 3.05) is 5.32 Å². The molecule has 2 amide bonds. The molecule has 2 heterocycles. The number of fused-ring (bicyclic) bond motifs is 1. The molecule has 0 saturated heterocycles. The van der Waals surface area contributed by atoms with E-state index in [2.05, 4.69) is 10.3 Å². The summed E-state index contributed by atoms with van der Waals surface area (Å²) in [6, 6.07) is 10.3. The highest BCUT2D eigenvalue weighted by atomic mass is 16.2. The molecular formula is C16H15N3O2. The normalized spacial score (nSPS) is 14.7. The van der Waals surface area contributed by atoms with E-state index in [1.165, 1.54) is 0 Å². The first-order chi connectivity index (χ1) is 10.2. The summed E-state index contributed by atoms with van der Waals surface area (Å²) in [6.07, 6.45) is 3.22. The molecule has 106 valence electrons. The van der Waals surface area contributed by atoms with Gasteiger partial charge < -0.3 is 10.2 Å². The zero-order valence-corrected chi connectivity index (χ0v) is 11.6. The molecule has 0 aliphatic carbocycles. The standard InChI is InChI=1S/C16H15N3O2/c1-11(15(20)18-13-6-8-17-9-7-13)19-10-12-4-2-3-5-14(12)16(19)21/h2-9,11H,10H2,1H3,(H,17,18,20)/t11-/m1/s1. The lowest BCUT2D eigenvalue weighted by atomic mass is 10.1. The number of nitrogens with zero attached hydrogens (tertiary/aromatic N) is 2. The molecule has 3 rings (SSSR count). The number of carbonyl (C=O) groups excluding carboxylic acids is 2. The molecule has 1 atom stereocenters. The van der Waals surface area contributed by atoms with Gasteiger partial charge in [-0.3, -0.25) is 14.6 Å². The van der Waals surface area contributed by atoms with E-state index >= 15 is 0 Å². The summed E-state index contributed by atoms with van der Waals surface area (Å²) in [5.74, 6) is -0.301. The lowest BCUT2D eigenvalue weighted by molar-refractivity contribution is -0.120. The summed E-state index contributed by atoms with van der Waals surface area (Å²) >= 11 is 0. The number of rotatable bonds is 3. The van der Waals surface area contributed by atoms with Crippen LogP contribution in [0.4, 0.5) is 5.69 Å². The van der Waals surface area contributed by atoms with E-state index in [4.69, 9.17) is 0 Å². The van der Waals surface area contributed by atoms with Crippen molar-refractivity contribution >= 4 is 17.5 Å². The topological polar surface area (TPSA) is 62.3 Å². The largest absolute Gasteiger partial charge is 0.324 e. The second-order valence-electron chi connectivity index (χ2n) is 4.99. The van der Waals surface area contributed by atoms with Crippen molar-refractivity contribution < 1.29 is 9.59 Å². The average molecular weight is 281 g/mol. The molecule has 21 heavy (non-hydrogen) atoms. The number of aromatic nitrogens is 1. The highest BCUT2D eigenvalue weighted by Gasteiger charge is 2.33. The van der Waals surface area contributed by atoms with E-state index in [-0.39, 0.29) is 11.8 Å². The highest BCUT2D eigenvalue weighted by molar-refractivity contribution is 6.03. The van der Waals surface area contributed by atoms with Gasteiger partial charge in [0.05, 0.1) is 0 Å². The molecule has 0 radical (unpaired) electrons. The van der Waals surface area contributed by atoms with Crippen molar-refractivity contribution in [2.45, 2.75) is 19.5 Å². The maximum absolute atomic E-state index is 12.3. The van der Waals surface area contributed by atoms with Gasteiger partial charge in [0.2, 0.25) is 5.91 Å². The highest BCUT2D eigenvalue weighted by Crippen LogP contribution is 2.24. The molecule has 1 aromatic carbocycles. The van der Waals surface area contributed by atoms with Crippen molar-refractivity contribution in [3.63, 3.8) is 0 Å². The Morgan fingerprint density at radius 1 is 1.24 bits per heavy atom. The van der Waals surface area contributed by atoms with Crippen LogP contribution >= 0.6 is 0 Å². The Bertz CT molecular complexity index is 685. The minimum absolute atomic E-state index is 0.0945. The third-order valence-electron chi connectivity index (χ3n) is 3.64. The van der Waals surface area contributed by atoms with E-state index in [9.17, 15) is 9.59 Å². The van der Waals surface area contributed by atoms with Crippen LogP contribution < -0.4 is 5.32 Å². The molecule has 2 aromatic rings. The number of amides is 2. The summed E-state index contributed by atoms with van der Waals surface area (Å²) in [7, 11) is 0. The maximum Gasteiger partial charge on any atom is 0.255 e. The number of hydrogen-bond acceptors (Lipinski definition) is 3. The van der Waals surface area contributed by atoms with Crippen LogP contribution in [0.25, 0.3) is 0 Å². The van der Waals surface area contributed by atoms with Crippen LogP contribution in [0.2, 0.25) is 0 Å². The Hall–Kier alpha value is -2.69. The molecule has 1 aromatic heterocycles. The first-order valence-corrected chi connectivity index (χ1v) is 6.76. The van der Waals surface area contributed by atoms with Crippen LogP contribution in [0.5, 0.6) is 0 Å². The van der Waals surface area contributed by atoms with E-state index in [1.807, 2.05) is 18.2 Å². The number of anilines is 1. The summed E-state index contributed by atoms with van der Waals surface area (Å²) in [5, 5.41) is 2.79. The number of benzene rings is 1. The third kappa shape index (κ3) is 2.50. The smallest absolute Gasteiger partial charge is 0.255 e. The zero-order chi connectivity index (χ0) is 14.8. The fourth-order valence-corrected chi connectivity index (χ4v) is 2.41. The quantitative estimate of drug-likeness (QED) is 0.936. The Morgan fingerprint density at radius 2 is 1.95 bits per heavy atom. The molecule has 1 aliphatic rings. The number of nitrogens with one attached hydrogen (secondary N) is 1. The fourth-order valence-electron chi connectivity index (χ4n) is 2.41. The van der Waals surface area contributed by atoms with Crippen molar-refractivity contribution in [1.29, 1.82) is 0 Å². The van der Waals surface area contributed by atoms with Gasteiger partial charge in [-0.2, -0.15) is 0 Å². The molecule has 0 saturated carbocycles. The van der Waals surface area contributed by atoms with Crippen LogP contribution in [0, 0.1) is 0 Å². The van der Waals surface area contributed by atoms with Gasteiger partial charge in [0, 0.05) is 30.2 Å². The van der Waals surface area contributed by atoms with Gasteiger partial charge in [-0.1, -0.05) is 18.2 Å². The van der Waals surface area contributed by atoms with Crippen molar-refractivity contribution in [1.82, 2.24) is 9.88 Å². The molecule has 0 fully saturated rings. The van der Waals surface area contributed by atoms with Gasteiger partial charge in [0.25, 0.3) is 5.91 Å². The van der Waals surface area contributed by atoms with Crippen LogP contribution in [-0.4, -0.2) is 27.7 Å². The molecule has 5 heteroatoms. The first-order valence-electron chi connectivity index (χ1n) is 6.76. The molecule has 1 aliphatic heterocycles. The summed E-state index contributed by atoms with van der Waals surface area (Å²) < 4.78 is 0. The van der Waals surface area contributed by atoms with Crippen molar-refractivity contribution in [2.24, 2.45) is 0 Å². The van der Waals surface area contributed by atoms with Gasteiger partial charge in [-0.15, -0.1) is 0 Å². The lowest BCUT2D eigenvalue weighted by Crippen LogP contribution is -2.42. The van der Waals surface area contributed by atoms with E-state index < -0.39 is 6.04 Å². The predicted molar refractivity (Wildman–Crippen MR) is 78.6 cm³/mol. The average Bonchev–Trinajstić information content (AvgIpc) is 2.85. The van der Waals surface area contributed by atoms with Gasteiger partial charge >= 0.3 is 0 Å². The van der Waals surface area contributed by atoms with Gasteiger partial charge in [-0.05, 0) is 30.7 Å². The molecule has 0 bridgehead atoms. The Kier molecular flexibility index (Phi) is 3.39. The van der Waals surface area contributed by atoms with E-state index in [0.29, 0.717) is 17.8 Å². The number of hydrogen-bond donors (Lipinski definition) is 1. The lowest BCUT2D eigenvalue weighted by Gasteiger charge is -2.23. The van der Waals surface area contributed by atoms with E-state index in [1.54, 1.807) is 42.4 Å². The minimum atomic E-state index is -0.530. The zero-order valence-electron chi connectivity index (χ0n) is 11.6. The molecule has 0 unspecified atom stereocenters. The predicted octanol–water partition coefficient (Wildman–Crippen LogP) is 2.06. The second kappa shape index (κ2) is 5.36. The Morgan fingerprint density at radius 3 is 2.67 bits per heavy atom. The molecule has 1 N–H and O–H groups in total. The Labute approximate surface area is 122 Å². The van der Waals surface area contributed by atoms with Crippen LogP contribution in [0.3, 0.4) is 0 Å². The Balaban J connectivity index is 1.73. The molecular weight excluding hydrogens is 266 g/mol. The van der Waals surface area contributed by atoms with Crippen LogP contribution in [0.15, 0.2) is 48.8 Å². The first kappa shape index (κ1) is 13.3. The molecule has 0 spiro atoms. The van der Waals surface area contributed by atoms with Crippen molar-refractivity contribution in [3.8, 4) is 0 Å². The summed E-state index contributed by atoms with van der Waals surface area (Å²) in [4.78, 5) is 30.1. The monoisotopic (exact) mass is 281 g/mol. The summed E-state index contributed by atoms with van der Waals surface area (Å²) in [5.41, 5.74) is 2.32. The molecule has 5 nitrogen and oxygen atoms in total. The van der Waals surface area contributed by atoms with Gasteiger partial charge in [0.15, 0.2) is 0 Å². The maximum atomic E-state index is 12.3.